The number of para-hydroxylation sites is 1. The molecule has 0 N–H and O–H groups in total. The van der Waals surface area contributed by atoms with E-state index in [1.165, 1.54) is 12.1 Å². The van der Waals surface area contributed by atoms with Gasteiger partial charge in [-0.05, 0) is 12.1 Å². The van der Waals surface area contributed by atoms with Crippen LogP contribution in [0.5, 0.6) is 0 Å². The zero-order valence-electron chi connectivity index (χ0n) is 8.58. The van der Waals surface area contributed by atoms with Crippen LogP contribution in [0.3, 0.4) is 0 Å². The fraction of sp³-hybridized carbons (Fsp3) is 0.182. The number of nitrogens with zero attached hydrogens (tertiary/aromatic N) is 2. The molecule has 90 valence electrons. The molecule has 0 amide bonds. The van der Waals surface area contributed by atoms with Crippen LogP contribution in [0.2, 0.25) is 0 Å². The zero-order chi connectivity index (χ0) is 12.5. The van der Waals surface area contributed by atoms with Gasteiger partial charge in [-0.25, -0.2) is 9.37 Å². The Balaban J connectivity index is 2.62. The molecule has 1 aromatic heterocycles. The second-order valence-electron chi connectivity index (χ2n) is 3.38. The molecule has 0 saturated carbocycles. The smallest absolute Gasteiger partial charge is 0.290 e. The van der Waals surface area contributed by atoms with E-state index in [0.29, 0.717) is 0 Å². The number of benzene rings is 1. The highest BCUT2D eigenvalue weighted by Gasteiger charge is 2.37. The maximum absolute atomic E-state index is 12.7. The molecule has 0 aliphatic heterocycles. The predicted molar refractivity (Wildman–Crippen MR) is 53.4 cm³/mol. The van der Waals surface area contributed by atoms with E-state index < -0.39 is 18.7 Å². The number of hydrogen-bond donors (Lipinski definition) is 0. The van der Waals surface area contributed by atoms with Crippen LogP contribution >= 0.6 is 0 Å². The summed E-state index contributed by atoms with van der Waals surface area (Å²) in [5.74, 6) is -1.11. The summed E-state index contributed by atoms with van der Waals surface area (Å²) in [7, 11) is 0. The van der Waals surface area contributed by atoms with Gasteiger partial charge in [0.15, 0.2) is 0 Å². The van der Waals surface area contributed by atoms with Crippen molar-refractivity contribution in [2.75, 3.05) is 0 Å². The number of rotatable bonds is 2. The van der Waals surface area contributed by atoms with Gasteiger partial charge in [0.05, 0.1) is 11.9 Å². The van der Waals surface area contributed by atoms with E-state index in [9.17, 15) is 17.6 Å². The summed E-state index contributed by atoms with van der Waals surface area (Å²) in [5, 5.41) is 0. The fourth-order valence-corrected chi connectivity index (χ4v) is 1.55. The first-order valence-electron chi connectivity index (χ1n) is 4.79. The van der Waals surface area contributed by atoms with E-state index in [2.05, 4.69) is 4.98 Å². The molecule has 0 saturated heterocycles. The summed E-state index contributed by atoms with van der Waals surface area (Å²) in [5.41, 5.74) is 0.119. The highest BCUT2D eigenvalue weighted by Crippen LogP contribution is 2.31. The number of aromatic nitrogens is 2. The highest BCUT2D eigenvalue weighted by molar-refractivity contribution is 5.35. The van der Waals surface area contributed by atoms with E-state index in [0.717, 1.165) is 10.8 Å². The maximum atomic E-state index is 12.7. The SMILES string of the molecule is FCc1cnc(C(F)(F)F)n1-c1ccccc1. The summed E-state index contributed by atoms with van der Waals surface area (Å²) in [6.45, 7) is -1.00. The minimum atomic E-state index is -4.61. The second kappa shape index (κ2) is 4.20. The summed E-state index contributed by atoms with van der Waals surface area (Å²) < 4.78 is 51.5. The summed E-state index contributed by atoms with van der Waals surface area (Å²) >= 11 is 0. The Bertz CT molecular complexity index is 502. The molecule has 0 aliphatic rings. The monoisotopic (exact) mass is 244 g/mol. The number of hydrogen-bond acceptors (Lipinski definition) is 1. The van der Waals surface area contributed by atoms with Gasteiger partial charge in [-0.3, -0.25) is 4.57 Å². The van der Waals surface area contributed by atoms with Crippen molar-refractivity contribution in [2.24, 2.45) is 0 Å². The van der Waals surface area contributed by atoms with Crippen molar-refractivity contribution in [3.63, 3.8) is 0 Å². The molecule has 0 fully saturated rings. The number of imidazole rings is 1. The maximum Gasteiger partial charge on any atom is 0.450 e. The van der Waals surface area contributed by atoms with Crippen LogP contribution in [0.25, 0.3) is 5.69 Å². The third-order valence-corrected chi connectivity index (χ3v) is 2.24. The van der Waals surface area contributed by atoms with E-state index in [4.69, 9.17) is 0 Å². The van der Waals surface area contributed by atoms with Crippen molar-refractivity contribution in [1.82, 2.24) is 9.55 Å². The molecule has 0 spiro atoms. The molecule has 0 unspecified atom stereocenters. The quantitative estimate of drug-likeness (QED) is 0.740. The van der Waals surface area contributed by atoms with Gasteiger partial charge in [-0.1, -0.05) is 18.2 Å². The van der Waals surface area contributed by atoms with Crippen molar-refractivity contribution >= 4 is 0 Å². The molecule has 2 rings (SSSR count). The lowest BCUT2D eigenvalue weighted by Gasteiger charge is -2.12. The van der Waals surface area contributed by atoms with Gasteiger partial charge < -0.3 is 0 Å². The summed E-state index contributed by atoms with van der Waals surface area (Å²) in [4.78, 5) is 3.23. The first-order chi connectivity index (χ1) is 8.04. The van der Waals surface area contributed by atoms with Gasteiger partial charge >= 0.3 is 6.18 Å². The van der Waals surface area contributed by atoms with Crippen LogP contribution in [-0.4, -0.2) is 9.55 Å². The van der Waals surface area contributed by atoms with Crippen LogP contribution in [0.1, 0.15) is 11.5 Å². The molecular weight excluding hydrogens is 236 g/mol. The van der Waals surface area contributed by atoms with E-state index in [1.807, 2.05) is 0 Å². The molecule has 2 aromatic rings. The van der Waals surface area contributed by atoms with Gasteiger partial charge in [-0.15, -0.1) is 0 Å². The van der Waals surface area contributed by atoms with E-state index >= 15 is 0 Å². The Labute approximate surface area is 94.5 Å². The molecular formula is C11H8F4N2. The van der Waals surface area contributed by atoms with Crippen molar-refractivity contribution in [3.8, 4) is 5.69 Å². The van der Waals surface area contributed by atoms with Crippen LogP contribution in [0.4, 0.5) is 17.6 Å². The second-order valence-corrected chi connectivity index (χ2v) is 3.38. The van der Waals surface area contributed by atoms with Crippen LogP contribution in [0.15, 0.2) is 36.5 Å². The van der Waals surface area contributed by atoms with Crippen molar-refractivity contribution < 1.29 is 17.6 Å². The first-order valence-corrected chi connectivity index (χ1v) is 4.79. The van der Waals surface area contributed by atoms with Gasteiger partial charge in [0.25, 0.3) is 0 Å². The van der Waals surface area contributed by atoms with Gasteiger partial charge in [0, 0.05) is 5.69 Å². The first kappa shape index (κ1) is 11.6. The highest BCUT2D eigenvalue weighted by atomic mass is 19.4. The largest absolute Gasteiger partial charge is 0.450 e. The Hall–Kier alpha value is -1.85. The summed E-state index contributed by atoms with van der Waals surface area (Å²) in [6.07, 6.45) is -3.71. The molecule has 1 heterocycles. The van der Waals surface area contributed by atoms with Gasteiger partial charge in [0.2, 0.25) is 5.82 Å². The molecule has 6 heteroatoms. The normalized spacial score (nSPS) is 11.8. The van der Waals surface area contributed by atoms with Crippen LogP contribution < -0.4 is 0 Å². The zero-order valence-corrected chi connectivity index (χ0v) is 8.58. The van der Waals surface area contributed by atoms with Crippen molar-refractivity contribution in [3.05, 3.63) is 48.0 Å². The topological polar surface area (TPSA) is 17.8 Å². The van der Waals surface area contributed by atoms with Crippen molar-refractivity contribution in [2.45, 2.75) is 12.9 Å². The van der Waals surface area contributed by atoms with Gasteiger partial charge in [0.1, 0.15) is 6.67 Å². The van der Waals surface area contributed by atoms with Crippen LogP contribution in [0, 0.1) is 0 Å². The van der Waals surface area contributed by atoms with Gasteiger partial charge in [-0.2, -0.15) is 13.2 Å². The predicted octanol–water partition coefficient (Wildman–Crippen LogP) is 3.36. The Morgan fingerprint density at radius 1 is 1.12 bits per heavy atom. The molecule has 0 radical (unpaired) electrons. The third kappa shape index (κ3) is 2.15. The summed E-state index contributed by atoms with van der Waals surface area (Å²) in [6, 6.07) is 7.77. The third-order valence-electron chi connectivity index (χ3n) is 2.24. The average molecular weight is 244 g/mol. The lowest BCUT2D eigenvalue weighted by atomic mass is 10.3. The Kier molecular flexibility index (Phi) is 2.87. The number of halogens is 4. The van der Waals surface area contributed by atoms with Crippen molar-refractivity contribution in [1.29, 1.82) is 0 Å². The minimum Gasteiger partial charge on any atom is -0.290 e. The Morgan fingerprint density at radius 3 is 2.29 bits per heavy atom. The van der Waals surface area contributed by atoms with E-state index in [1.54, 1.807) is 18.2 Å². The average Bonchev–Trinajstić information content (AvgIpc) is 2.73. The molecule has 2 nitrogen and oxygen atoms in total. The fourth-order valence-electron chi connectivity index (χ4n) is 1.55. The minimum absolute atomic E-state index is 0.122. The molecule has 1 aromatic carbocycles. The lowest BCUT2D eigenvalue weighted by molar-refractivity contribution is -0.146. The molecule has 0 aliphatic carbocycles. The molecule has 0 atom stereocenters. The molecule has 17 heavy (non-hydrogen) atoms. The van der Waals surface area contributed by atoms with E-state index in [-0.39, 0.29) is 11.4 Å². The standard InChI is InChI=1S/C11H8F4N2/c12-6-9-7-16-10(11(13,14)15)17(9)8-4-2-1-3-5-8/h1-5,7H,6H2. The molecule has 0 bridgehead atoms. The lowest BCUT2D eigenvalue weighted by Crippen LogP contribution is -2.15. The Morgan fingerprint density at radius 2 is 1.76 bits per heavy atom. The number of alkyl halides is 4. The van der Waals surface area contributed by atoms with Crippen LogP contribution in [-0.2, 0) is 12.9 Å².